The SMILES string of the molecule is CC(CCC1=CCC=CC=C1)CN(C)C1CCCCC1. The summed E-state index contributed by atoms with van der Waals surface area (Å²) < 4.78 is 0. The molecule has 0 heterocycles. The molecule has 0 aromatic rings. The molecule has 2 aliphatic carbocycles. The van der Waals surface area contributed by atoms with Gasteiger partial charge in [-0.25, -0.2) is 0 Å². The first-order valence-electron chi connectivity index (χ1n) is 8.48. The van der Waals surface area contributed by atoms with Gasteiger partial charge in [0.1, 0.15) is 0 Å². The summed E-state index contributed by atoms with van der Waals surface area (Å²) in [6, 6.07) is 0.854. The van der Waals surface area contributed by atoms with Crippen molar-refractivity contribution in [2.24, 2.45) is 5.92 Å². The lowest BCUT2D eigenvalue weighted by Crippen LogP contribution is -2.36. The van der Waals surface area contributed by atoms with Crippen LogP contribution in [0.15, 0.2) is 36.0 Å². The third-order valence-corrected chi connectivity index (χ3v) is 4.80. The highest BCUT2D eigenvalue weighted by Crippen LogP contribution is 2.23. The number of hydrogen-bond acceptors (Lipinski definition) is 1. The van der Waals surface area contributed by atoms with Crippen LogP contribution in [-0.2, 0) is 0 Å². The minimum atomic E-state index is 0.799. The number of rotatable bonds is 6. The lowest BCUT2D eigenvalue weighted by molar-refractivity contribution is 0.167. The number of nitrogens with zero attached hydrogens (tertiary/aromatic N) is 1. The van der Waals surface area contributed by atoms with Crippen molar-refractivity contribution in [2.45, 2.75) is 64.3 Å². The van der Waals surface area contributed by atoms with E-state index in [4.69, 9.17) is 0 Å². The van der Waals surface area contributed by atoms with Crippen LogP contribution in [0.25, 0.3) is 0 Å². The molecular formula is C19H31N. The Morgan fingerprint density at radius 3 is 2.80 bits per heavy atom. The van der Waals surface area contributed by atoms with Crippen molar-refractivity contribution in [3.63, 3.8) is 0 Å². The van der Waals surface area contributed by atoms with Crippen LogP contribution in [0.4, 0.5) is 0 Å². The zero-order valence-electron chi connectivity index (χ0n) is 13.4. The highest BCUT2D eigenvalue weighted by Gasteiger charge is 2.19. The van der Waals surface area contributed by atoms with Crippen LogP contribution in [0.3, 0.4) is 0 Å². The quantitative estimate of drug-likeness (QED) is 0.650. The Morgan fingerprint density at radius 1 is 1.20 bits per heavy atom. The summed E-state index contributed by atoms with van der Waals surface area (Å²) in [5, 5.41) is 0. The predicted molar refractivity (Wildman–Crippen MR) is 88.9 cm³/mol. The van der Waals surface area contributed by atoms with E-state index in [9.17, 15) is 0 Å². The maximum Gasteiger partial charge on any atom is 0.00923 e. The van der Waals surface area contributed by atoms with Gasteiger partial charge >= 0.3 is 0 Å². The lowest BCUT2D eigenvalue weighted by atomic mass is 9.93. The smallest absolute Gasteiger partial charge is 0.00923 e. The summed E-state index contributed by atoms with van der Waals surface area (Å²) in [5.41, 5.74) is 1.52. The van der Waals surface area contributed by atoms with Gasteiger partial charge in [-0.15, -0.1) is 0 Å². The molecule has 0 aromatic heterocycles. The molecule has 20 heavy (non-hydrogen) atoms. The first-order chi connectivity index (χ1) is 9.75. The van der Waals surface area contributed by atoms with Gasteiger partial charge in [0.25, 0.3) is 0 Å². The van der Waals surface area contributed by atoms with E-state index >= 15 is 0 Å². The Kier molecular flexibility index (Phi) is 6.59. The van der Waals surface area contributed by atoms with Crippen LogP contribution < -0.4 is 0 Å². The van der Waals surface area contributed by atoms with Gasteiger partial charge in [-0.1, -0.05) is 62.1 Å². The van der Waals surface area contributed by atoms with Crippen LogP contribution >= 0.6 is 0 Å². The molecule has 1 unspecified atom stereocenters. The predicted octanol–water partition coefficient (Wildman–Crippen LogP) is 5.11. The van der Waals surface area contributed by atoms with Crippen molar-refractivity contribution in [3.8, 4) is 0 Å². The third-order valence-electron chi connectivity index (χ3n) is 4.80. The van der Waals surface area contributed by atoms with E-state index in [0.717, 1.165) is 18.4 Å². The molecule has 2 aliphatic rings. The van der Waals surface area contributed by atoms with Gasteiger partial charge in [-0.2, -0.15) is 0 Å². The van der Waals surface area contributed by atoms with E-state index in [2.05, 4.69) is 49.3 Å². The summed E-state index contributed by atoms with van der Waals surface area (Å²) in [6.07, 6.45) is 22.0. The van der Waals surface area contributed by atoms with Gasteiger partial charge in [-0.05, 0) is 45.1 Å². The monoisotopic (exact) mass is 273 g/mol. The highest BCUT2D eigenvalue weighted by molar-refractivity contribution is 5.26. The van der Waals surface area contributed by atoms with E-state index < -0.39 is 0 Å². The molecule has 0 spiro atoms. The van der Waals surface area contributed by atoms with Gasteiger partial charge in [-0.3, -0.25) is 0 Å². The summed E-state index contributed by atoms with van der Waals surface area (Å²) >= 11 is 0. The van der Waals surface area contributed by atoms with Crippen molar-refractivity contribution in [1.82, 2.24) is 4.90 Å². The Hall–Kier alpha value is -0.820. The molecule has 0 aromatic carbocycles. The molecule has 1 heteroatoms. The maximum atomic E-state index is 2.63. The van der Waals surface area contributed by atoms with Crippen LogP contribution in [0.5, 0.6) is 0 Å². The third kappa shape index (κ3) is 5.28. The molecular weight excluding hydrogens is 242 g/mol. The van der Waals surface area contributed by atoms with E-state index in [-0.39, 0.29) is 0 Å². The zero-order valence-corrected chi connectivity index (χ0v) is 13.4. The summed E-state index contributed by atoms with van der Waals surface area (Å²) in [7, 11) is 2.33. The molecule has 0 radical (unpaired) electrons. The van der Waals surface area contributed by atoms with E-state index in [0.29, 0.717) is 0 Å². The molecule has 1 atom stereocenters. The molecule has 1 fully saturated rings. The maximum absolute atomic E-state index is 2.63. The largest absolute Gasteiger partial charge is 0.303 e. The molecule has 0 amide bonds. The van der Waals surface area contributed by atoms with Crippen molar-refractivity contribution in [3.05, 3.63) is 36.0 Å². The van der Waals surface area contributed by atoms with E-state index in [1.165, 1.54) is 57.1 Å². The van der Waals surface area contributed by atoms with Crippen LogP contribution in [0, 0.1) is 5.92 Å². The minimum Gasteiger partial charge on any atom is -0.303 e. The molecule has 0 saturated heterocycles. The fraction of sp³-hybridized carbons (Fsp3) is 0.684. The van der Waals surface area contributed by atoms with Crippen molar-refractivity contribution < 1.29 is 0 Å². The van der Waals surface area contributed by atoms with Gasteiger partial charge in [0.15, 0.2) is 0 Å². The fourth-order valence-electron chi connectivity index (χ4n) is 3.48. The normalized spacial score (nSPS) is 21.9. The van der Waals surface area contributed by atoms with Gasteiger partial charge in [0.05, 0.1) is 0 Å². The molecule has 2 rings (SSSR count). The molecule has 0 bridgehead atoms. The average Bonchev–Trinajstić information content (AvgIpc) is 2.74. The van der Waals surface area contributed by atoms with Crippen LogP contribution in [-0.4, -0.2) is 24.5 Å². The Morgan fingerprint density at radius 2 is 2.00 bits per heavy atom. The lowest BCUT2D eigenvalue weighted by Gasteiger charge is -2.33. The molecule has 0 aliphatic heterocycles. The molecule has 0 N–H and O–H groups in total. The topological polar surface area (TPSA) is 3.24 Å². The minimum absolute atomic E-state index is 0.799. The van der Waals surface area contributed by atoms with Gasteiger partial charge < -0.3 is 4.90 Å². The molecule has 112 valence electrons. The zero-order chi connectivity index (χ0) is 14.2. The summed E-state index contributed by atoms with van der Waals surface area (Å²) in [6.45, 7) is 3.68. The Bertz CT molecular complexity index is 358. The highest BCUT2D eigenvalue weighted by atomic mass is 15.1. The molecule has 1 saturated carbocycles. The van der Waals surface area contributed by atoms with Crippen LogP contribution in [0.1, 0.15) is 58.3 Å². The average molecular weight is 273 g/mol. The van der Waals surface area contributed by atoms with Gasteiger partial charge in [0, 0.05) is 12.6 Å². The number of hydrogen-bond donors (Lipinski definition) is 0. The molecule has 1 nitrogen and oxygen atoms in total. The van der Waals surface area contributed by atoms with Gasteiger partial charge in [0.2, 0.25) is 0 Å². The number of allylic oxidation sites excluding steroid dienone is 6. The van der Waals surface area contributed by atoms with Crippen molar-refractivity contribution >= 4 is 0 Å². The first-order valence-corrected chi connectivity index (χ1v) is 8.48. The second-order valence-corrected chi connectivity index (χ2v) is 6.68. The van der Waals surface area contributed by atoms with E-state index in [1.54, 1.807) is 0 Å². The van der Waals surface area contributed by atoms with Crippen molar-refractivity contribution in [2.75, 3.05) is 13.6 Å². The fourth-order valence-corrected chi connectivity index (χ4v) is 3.48. The standard InChI is InChI=1S/C19H31N/c1-17(14-15-18-10-6-3-4-7-11-18)16-20(2)19-12-8-5-9-13-19/h3-4,6,10-11,17,19H,5,7-9,12-16H2,1-2H3. The van der Waals surface area contributed by atoms with Crippen LogP contribution in [0.2, 0.25) is 0 Å². The summed E-state index contributed by atoms with van der Waals surface area (Å²) in [5.74, 6) is 0.799. The Balaban J connectivity index is 1.69. The van der Waals surface area contributed by atoms with Crippen molar-refractivity contribution in [1.29, 1.82) is 0 Å². The van der Waals surface area contributed by atoms with E-state index in [1.807, 2.05) is 0 Å². The first kappa shape index (κ1) is 15.6. The summed E-state index contributed by atoms with van der Waals surface area (Å²) in [4.78, 5) is 2.63. The second-order valence-electron chi connectivity index (χ2n) is 6.68. The Labute approximate surface area is 125 Å². The second kappa shape index (κ2) is 8.46.